The number of Topliss-reactive ketones (excluding diaryl/α,β-unsaturated/α-hetero) is 1. The van der Waals surface area contributed by atoms with Crippen LogP contribution in [0.15, 0.2) is 12.1 Å². The molecule has 3 fully saturated rings. The Bertz CT molecular complexity index is 723. The van der Waals surface area contributed by atoms with Crippen molar-refractivity contribution in [2.75, 3.05) is 7.11 Å². The topological polar surface area (TPSA) is 35.5 Å². The van der Waals surface area contributed by atoms with Gasteiger partial charge in [-0.15, -0.1) is 0 Å². The van der Waals surface area contributed by atoms with Crippen LogP contribution in [0.4, 0.5) is 0 Å². The first-order valence-electron chi connectivity index (χ1n) is 8.09. The van der Waals surface area contributed by atoms with Gasteiger partial charge in [0.25, 0.3) is 0 Å². The second kappa shape index (κ2) is 2.99. The van der Waals surface area contributed by atoms with E-state index < -0.39 is 0 Å². The quantitative estimate of drug-likeness (QED) is 0.794. The number of fused-ring (bicyclic) bond motifs is 1. The van der Waals surface area contributed by atoms with Gasteiger partial charge in [-0.05, 0) is 54.6 Å². The highest BCUT2D eigenvalue weighted by Crippen LogP contribution is 2.81. The van der Waals surface area contributed by atoms with Gasteiger partial charge in [0.15, 0.2) is 23.4 Å². The molecule has 108 valence electrons. The average molecular weight is 282 g/mol. The fraction of sp³-hybridized carbons (Fsp3) is 0.611. The lowest BCUT2D eigenvalue weighted by molar-refractivity contribution is -0.132. The molecule has 5 aliphatic rings. The first kappa shape index (κ1) is 11.1. The Balaban J connectivity index is 1.70. The number of carbonyl (C=O) groups is 1. The highest BCUT2D eigenvalue weighted by Gasteiger charge is 2.78. The zero-order valence-electron chi connectivity index (χ0n) is 12.1. The molecule has 1 aliphatic heterocycles. The van der Waals surface area contributed by atoms with Crippen molar-refractivity contribution in [3.8, 4) is 11.5 Å². The Morgan fingerprint density at radius 3 is 3.10 bits per heavy atom. The van der Waals surface area contributed by atoms with Gasteiger partial charge in [-0.1, -0.05) is 6.07 Å². The fourth-order valence-electron chi connectivity index (χ4n) is 6.56. The van der Waals surface area contributed by atoms with E-state index in [1.165, 1.54) is 30.4 Å². The summed E-state index contributed by atoms with van der Waals surface area (Å²) in [6.45, 7) is 0. The summed E-state index contributed by atoms with van der Waals surface area (Å²) in [7, 11) is 1.69. The van der Waals surface area contributed by atoms with E-state index in [4.69, 9.17) is 9.47 Å². The molecule has 3 heteroatoms. The first-order chi connectivity index (χ1) is 10.2. The van der Waals surface area contributed by atoms with Gasteiger partial charge < -0.3 is 9.47 Å². The van der Waals surface area contributed by atoms with Crippen LogP contribution < -0.4 is 9.47 Å². The molecule has 3 saturated carbocycles. The van der Waals surface area contributed by atoms with Crippen LogP contribution in [-0.4, -0.2) is 19.0 Å². The van der Waals surface area contributed by atoms with E-state index in [0.29, 0.717) is 23.5 Å². The van der Waals surface area contributed by atoms with E-state index in [1.54, 1.807) is 7.11 Å². The summed E-state index contributed by atoms with van der Waals surface area (Å²) in [6, 6.07) is 4.25. The van der Waals surface area contributed by atoms with Crippen molar-refractivity contribution in [1.29, 1.82) is 0 Å². The van der Waals surface area contributed by atoms with Crippen LogP contribution in [-0.2, 0) is 16.6 Å². The lowest BCUT2D eigenvalue weighted by Crippen LogP contribution is -2.52. The standard InChI is InChI=1S/C18H18O3/c1-20-13-5-2-9-6-17-7-11(17)10-3-4-12(19)16-18(10,8-17)14(9)15(13)21-16/h2,5,10-11,16H,3-4,6-8H2,1H3. The Morgan fingerprint density at radius 2 is 2.24 bits per heavy atom. The van der Waals surface area contributed by atoms with Crippen LogP contribution in [0.5, 0.6) is 11.5 Å². The summed E-state index contributed by atoms with van der Waals surface area (Å²) in [5, 5.41) is 0. The highest BCUT2D eigenvalue weighted by atomic mass is 16.5. The van der Waals surface area contributed by atoms with E-state index in [0.717, 1.165) is 23.8 Å². The molecule has 1 aromatic carbocycles. The summed E-state index contributed by atoms with van der Waals surface area (Å²) in [4.78, 5) is 12.6. The number of ether oxygens (including phenoxy) is 2. The van der Waals surface area contributed by atoms with Gasteiger partial charge in [0, 0.05) is 17.4 Å². The number of hydrogen-bond acceptors (Lipinski definition) is 3. The summed E-state index contributed by atoms with van der Waals surface area (Å²) < 4.78 is 11.8. The zero-order valence-corrected chi connectivity index (χ0v) is 12.1. The molecule has 21 heavy (non-hydrogen) atoms. The highest BCUT2D eigenvalue weighted by molar-refractivity contribution is 5.89. The van der Waals surface area contributed by atoms with Gasteiger partial charge in [0.1, 0.15) is 0 Å². The number of benzene rings is 1. The normalized spacial score (nSPS) is 46.7. The second-order valence-corrected chi connectivity index (χ2v) is 7.81. The molecule has 4 aliphatic carbocycles. The molecule has 6 rings (SSSR count). The number of methoxy groups -OCH3 is 1. The van der Waals surface area contributed by atoms with Gasteiger partial charge in [0.2, 0.25) is 0 Å². The minimum absolute atomic E-state index is 0.00426. The maximum absolute atomic E-state index is 12.6. The predicted octanol–water partition coefficient (Wildman–Crippen LogP) is 2.64. The van der Waals surface area contributed by atoms with Crippen LogP contribution >= 0.6 is 0 Å². The molecule has 1 aromatic rings. The van der Waals surface area contributed by atoms with E-state index in [2.05, 4.69) is 6.07 Å². The molecule has 1 heterocycles. The smallest absolute Gasteiger partial charge is 0.174 e. The maximum atomic E-state index is 12.6. The summed E-state index contributed by atoms with van der Waals surface area (Å²) in [6.07, 6.45) is 5.29. The molecule has 2 spiro atoms. The van der Waals surface area contributed by atoms with Gasteiger partial charge in [-0.3, -0.25) is 4.79 Å². The fourth-order valence-corrected chi connectivity index (χ4v) is 6.56. The SMILES string of the molecule is COc1ccc2c3c1OC1C(=O)CCC4C5CC5(C2)CC314. The van der Waals surface area contributed by atoms with Gasteiger partial charge >= 0.3 is 0 Å². The van der Waals surface area contributed by atoms with Crippen molar-refractivity contribution in [3.05, 3.63) is 23.3 Å². The lowest BCUT2D eigenvalue weighted by Gasteiger charge is -2.44. The van der Waals surface area contributed by atoms with Crippen LogP contribution in [0.3, 0.4) is 0 Å². The van der Waals surface area contributed by atoms with Gasteiger partial charge in [-0.25, -0.2) is 0 Å². The van der Waals surface area contributed by atoms with E-state index in [-0.39, 0.29) is 11.5 Å². The third kappa shape index (κ3) is 0.957. The Kier molecular flexibility index (Phi) is 1.58. The first-order valence-corrected chi connectivity index (χ1v) is 8.09. The Hall–Kier alpha value is -1.51. The summed E-state index contributed by atoms with van der Waals surface area (Å²) in [5.41, 5.74) is 3.28. The molecule has 0 radical (unpaired) electrons. The largest absolute Gasteiger partial charge is 0.493 e. The van der Waals surface area contributed by atoms with Gasteiger partial charge in [0.05, 0.1) is 7.11 Å². The van der Waals surface area contributed by atoms with Crippen LogP contribution in [0, 0.1) is 17.3 Å². The van der Waals surface area contributed by atoms with Crippen LogP contribution in [0.1, 0.15) is 36.8 Å². The molecule has 0 N–H and O–H groups in total. The summed E-state index contributed by atoms with van der Waals surface area (Å²) in [5.74, 6) is 3.50. The van der Waals surface area contributed by atoms with E-state index in [1.807, 2.05) is 6.07 Å². The second-order valence-electron chi connectivity index (χ2n) is 7.81. The summed E-state index contributed by atoms with van der Waals surface area (Å²) >= 11 is 0. The van der Waals surface area contributed by atoms with Crippen LogP contribution in [0.2, 0.25) is 0 Å². The molecule has 5 unspecified atom stereocenters. The molecule has 2 bridgehead atoms. The van der Waals surface area contributed by atoms with Crippen molar-refractivity contribution in [1.82, 2.24) is 0 Å². The monoisotopic (exact) mass is 282 g/mol. The maximum Gasteiger partial charge on any atom is 0.174 e. The molecule has 0 saturated heterocycles. The molecule has 0 amide bonds. The number of carbonyl (C=O) groups excluding carboxylic acids is 1. The molecule has 3 nitrogen and oxygen atoms in total. The van der Waals surface area contributed by atoms with Crippen molar-refractivity contribution in [2.24, 2.45) is 17.3 Å². The lowest BCUT2D eigenvalue weighted by atomic mass is 9.58. The zero-order chi connectivity index (χ0) is 14.0. The minimum atomic E-state index is -0.230. The van der Waals surface area contributed by atoms with E-state index in [9.17, 15) is 4.79 Å². The van der Waals surface area contributed by atoms with Gasteiger partial charge in [-0.2, -0.15) is 0 Å². The van der Waals surface area contributed by atoms with E-state index >= 15 is 0 Å². The van der Waals surface area contributed by atoms with Crippen molar-refractivity contribution < 1.29 is 14.3 Å². The van der Waals surface area contributed by atoms with Crippen molar-refractivity contribution >= 4 is 5.78 Å². The van der Waals surface area contributed by atoms with Crippen molar-refractivity contribution in [3.63, 3.8) is 0 Å². The third-order valence-corrected chi connectivity index (χ3v) is 7.18. The molecule has 0 aromatic heterocycles. The number of hydrogen-bond donors (Lipinski definition) is 0. The minimum Gasteiger partial charge on any atom is -0.493 e. The molecular formula is C18H18O3. The number of rotatable bonds is 1. The Labute approximate surface area is 123 Å². The Morgan fingerprint density at radius 1 is 1.33 bits per heavy atom. The average Bonchev–Trinajstić information content (AvgIpc) is 2.93. The molecular weight excluding hydrogens is 264 g/mol. The van der Waals surface area contributed by atoms with Crippen molar-refractivity contribution in [2.45, 2.75) is 43.6 Å². The predicted molar refractivity (Wildman–Crippen MR) is 75.7 cm³/mol. The third-order valence-electron chi connectivity index (χ3n) is 7.18. The molecule has 5 atom stereocenters. The van der Waals surface area contributed by atoms with Crippen LogP contribution in [0.25, 0.3) is 0 Å². The number of ketones is 1.